The minimum absolute atomic E-state index is 0.0455. The van der Waals surface area contributed by atoms with Crippen molar-refractivity contribution in [3.63, 3.8) is 0 Å². The summed E-state index contributed by atoms with van der Waals surface area (Å²) in [7, 11) is 0. The molecule has 1 aliphatic heterocycles. The average molecular weight is 226 g/mol. The highest BCUT2D eigenvalue weighted by Crippen LogP contribution is 2.33. The number of hydrogen-bond donors (Lipinski definition) is 2. The third-order valence-electron chi connectivity index (χ3n) is 3.44. The Morgan fingerprint density at radius 2 is 2.19 bits per heavy atom. The monoisotopic (exact) mass is 226 g/mol. The van der Waals surface area contributed by atoms with Crippen LogP contribution in [0, 0.1) is 5.92 Å². The lowest BCUT2D eigenvalue weighted by Gasteiger charge is -2.17. The molecule has 3 unspecified atom stereocenters. The van der Waals surface area contributed by atoms with Crippen molar-refractivity contribution in [3.05, 3.63) is 0 Å². The molecule has 4 nitrogen and oxygen atoms in total. The predicted molar refractivity (Wildman–Crippen MR) is 61.9 cm³/mol. The van der Waals surface area contributed by atoms with Crippen LogP contribution in [0.2, 0.25) is 0 Å². The summed E-state index contributed by atoms with van der Waals surface area (Å²) in [5.41, 5.74) is 5.51. The normalized spacial score (nSPS) is 31.4. The second-order valence-corrected chi connectivity index (χ2v) is 5.15. The Labute approximate surface area is 96.9 Å². The summed E-state index contributed by atoms with van der Waals surface area (Å²) in [5.74, 6) is 0.890. The van der Waals surface area contributed by atoms with Gasteiger partial charge in [-0.25, -0.2) is 0 Å². The summed E-state index contributed by atoms with van der Waals surface area (Å²) in [6, 6.07) is 0.278. The van der Waals surface area contributed by atoms with Gasteiger partial charge in [0.05, 0.1) is 6.10 Å². The molecule has 16 heavy (non-hydrogen) atoms. The van der Waals surface area contributed by atoms with Crippen LogP contribution in [0.1, 0.15) is 39.0 Å². The number of hydrogen-bond acceptors (Lipinski definition) is 3. The summed E-state index contributed by atoms with van der Waals surface area (Å²) < 4.78 is 5.56. The fourth-order valence-corrected chi connectivity index (χ4v) is 2.32. The lowest BCUT2D eigenvalue weighted by Crippen LogP contribution is -2.40. The van der Waals surface area contributed by atoms with Crippen molar-refractivity contribution >= 4 is 5.91 Å². The van der Waals surface area contributed by atoms with E-state index in [-0.39, 0.29) is 24.2 Å². The van der Waals surface area contributed by atoms with Gasteiger partial charge in [-0.1, -0.05) is 12.8 Å². The number of rotatable bonds is 5. The number of nitrogens with one attached hydrogen (secondary N) is 1. The minimum Gasteiger partial charge on any atom is -0.364 e. The van der Waals surface area contributed by atoms with Crippen LogP contribution in [-0.4, -0.2) is 30.7 Å². The van der Waals surface area contributed by atoms with Gasteiger partial charge < -0.3 is 15.8 Å². The summed E-state index contributed by atoms with van der Waals surface area (Å²) >= 11 is 0. The zero-order valence-corrected chi connectivity index (χ0v) is 9.95. The Hall–Kier alpha value is -0.610. The van der Waals surface area contributed by atoms with Crippen LogP contribution in [-0.2, 0) is 9.53 Å². The Morgan fingerprint density at radius 1 is 1.44 bits per heavy atom. The number of nitrogens with two attached hydrogens (primary N) is 1. The first-order chi connectivity index (χ1) is 7.69. The van der Waals surface area contributed by atoms with Crippen molar-refractivity contribution in [1.82, 2.24) is 5.32 Å². The van der Waals surface area contributed by atoms with Crippen molar-refractivity contribution < 1.29 is 9.53 Å². The third-order valence-corrected chi connectivity index (χ3v) is 3.44. The van der Waals surface area contributed by atoms with Crippen LogP contribution in [0.5, 0.6) is 0 Å². The van der Waals surface area contributed by atoms with E-state index in [0.717, 1.165) is 25.2 Å². The summed E-state index contributed by atoms with van der Waals surface area (Å²) in [4.78, 5) is 11.8. The van der Waals surface area contributed by atoms with Gasteiger partial charge in [0.1, 0.15) is 6.10 Å². The molecule has 1 saturated heterocycles. The van der Waals surface area contributed by atoms with E-state index in [4.69, 9.17) is 10.5 Å². The quantitative estimate of drug-likeness (QED) is 0.728. The molecule has 4 heteroatoms. The van der Waals surface area contributed by atoms with Gasteiger partial charge in [0, 0.05) is 12.6 Å². The highest BCUT2D eigenvalue weighted by molar-refractivity contribution is 5.81. The van der Waals surface area contributed by atoms with Gasteiger partial charge in [0.2, 0.25) is 5.91 Å². The van der Waals surface area contributed by atoms with Gasteiger partial charge in [-0.2, -0.15) is 0 Å². The first-order valence-electron chi connectivity index (χ1n) is 6.35. The topological polar surface area (TPSA) is 64.4 Å². The molecule has 1 aliphatic carbocycles. The molecule has 1 heterocycles. The Morgan fingerprint density at radius 3 is 2.75 bits per heavy atom. The lowest BCUT2D eigenvalue weighted by molar-refractivity contribution is -0.132. The fraction of sp³-hybridized carbons (Fsp3) is 0.917. The first-order valence-corrected chi connectivity index (χ1v) is 6.35. The van der Waals surface area contributed by atoms with Crippen molar-refractivity contribution in [1.29, 1.82) is 0 Å². The molecule has 0 bridgehead atoms. The van der Waals surface area contributed by atoms with Gasteiger partial charge in [-0.3, -0.25) is 4.79 Å². The molecule has 0 aromatic carbocycles. The van der Waals surface area contributed by atoms with Crippen LogP contribution < -0.4 is 11.1 Å². The van der Waals surface area contributed by atoms with E-state index in [1.54, 1.807) is 0 Å². The minimum atomic E-state index is -0.268. The van der Waals surface area contributed by atoms with E-state index in [9.17, 15) is 4.79 Å². The molecule has 92 valence electrons. The molecule has 3 N–H and O–H groups in total. The molecule has 1 saturated carbocycles. The summed E-state index contributed by atoms with van der Waals surface area (Å²) in [5, 5.41) is 3.03. The molecular formula is C12H22N2O2. The van der Waals surface area contributed by atoms with E-state index >= 15 is 0 Å². The highest BCUT2D eigenvalue weighted by Gasteiger charge is 2.31. The van der Waals surface area contributed by atoms with Gasteiger partial charge in [0.25, 0.3) is 0 Å². The molecule has 0 spiro atoms. The number of amides is 1. The van der Waals surface area contributed by atoms with Crippen molar-refractivity contribution in [2.75, 3.05) is 6.54 Å². The second kappa shape index (κ2) is 5.15. The summed E-state index contributed by atoms with van der Waals surface area (Å²) in [6.07, 6.45) is 5.30. The van der Waals surface area contributed by atoms with Crippen LogP contribution in [0.4, 0.5) is 0 Å². The summed E-state index contributed by atoms with van der Waals surface area (Å²) in [6.45, 7) is 2.59. The second-order valence-electron chi connectivity index (χ2n) is 5.15. The standard InChI is InChI=1S/C12H22N2O2/c1-8(6-9-2-3-9)14-12(15)11-5-4-10(7-13)16-11/h8-11H,2-7,13H2,1H3,(H,14,15). The van der Waals surface area contributed by atoms with E-state index in [0.29, 0.717) is 6.54 Å². The molecule has 2 fully saturated rings. The van der Waals surface area contributed by atoms with Crippen molar-refractivity contribution in [2.24, 2.45) is 11.7 Å². The first kappa shape index (κ1) is 11.9. The van der Waals surface area contributed by atoms with Crippen LogP contribution >= 0.6 is 0 Å². The third kappa shape index (κ3) is 3.19. The van der Waals surface area contributed by atoms with Crippen LogP contribution in [0.15, 0.2) is 0 Å². The fourth-order valence-electron chi connectivity index (χ4n) is 2.32. The molecule has 1 amide bonds. The predicted octanol–water partition coefficient (Wildman–Crippen LogP) is 0.797. The van der Waals surface area contributed by atoms with E-state index in [1.807, 2.05) is 0 Å². The maximum Gasteiger partial charge on any atom is 0.249 e. The highest BCUT2D eigenvalue weighted by atomic mass is 16.5. The van der Waals surface area contributed by atoms with E-state index < -0.39 is 0 Å². The molecule has 0 aromatic heterocycles. The van der Waals surface area contributed by atoms with Crippen LogP contribution in [0.3, 0.4) is 0 Å². The number of ether oxygens (including phenoxy) is 1. The molecule has 3 atom stereocenters. The molecule has 2 aliphatic rings. The number of carbonyl (C=O) groups is 1. The zero-order chi connectivity index (χ0) is 11.5. The SMILES string of the molecule is CC(CC1CC1)NC(=O)C1CCC(CN)O1. The Balaban J connectivity index is 1.70. The van der Waals surface area contributed by atoms with E-state index in [1.165, 1.54) is 12.8 Å². The van der Waals surface area contributed by atoms with Gasteiger partial charge in [0.15, 0.2) is 0 Å². The Bertz CT molecular complexity index is 253. The Kier molecular flexibility index (Phi) is 3.82. The van der Waals surface area contributed by atoms with E-state index in [2.05, 4.69) is 12.2 Å². The van der Waals surface area contributed by atoms with Crippen molar-refractivity contribution in [2.45, 2.75) is 57.3 Å². The molecule has 0 radical (unpaired) electrons. The smallest absolute Gasteiger partial charge is 0.249 e. The number of carbonyl (C=O) groups excluding carboxylic acids is 1. The maximum atomic E-state index is 11.8. The van der Waals surface area contributed by atoms with Crippen molar-refractivity contribution in [3.8, 4) is 0 Å². The molecular weight excluding hydrogens is 204 g/mol. The zero-order valence-electron chi connectivity index (χ0n) is 9.95. The maximum absolute atomic E-state index is 11.8. The van der Waals surface area contributed by atoms with Crippen LogP contribution in [0.25, 0.3) is 0 Å². The van der Waals surface area contributed by atoms with Gasteiger partial charge in [-0.15, -0.1) is 0 Å². The molecule has 0 aromatic rings. The largest absolute Gasteiger partial charge is 0.364 e. The molecule has 2 rings (SSSR count). The average Bonchev–Trinajstić information content (AvgIpc) is 2.93. The lowest BCUT2D eigenvalue weighted by atomic mass is 10.1. The van der Waals surface area contributed by atoms with Gasteiger partial charge >= 0.3 is 0 Å². The van der Waals surface area contributed by atoms with Gasteiger partial charge in [-0.05, 0) is 32.1 Å².